The molecular formula is C13H18N2O3. The van der Waals surface area contributed by atoms with Gasteiger partial charge in [-0.1, -0.05) is 12.1 Å². The molecule has 0 aromatic heterocycles. The van der Waals surface area contributed by atoms with Crippen molar-refractivity contribution in [2.75, 3.05) is 20.3 Å². The summed E-state index contributed by atoms with van der Waals surface area (Å²) in [6, 6.07) is 7.39. The number of hydrogen-bond donors (Lipinski definition) is 2. The Kier molecular flexibility index (Phi) is 4.17. The van der Waals surface area contributed by atoms with Gasteiger partial charge in [-0.3, -0.25) is 4.79 Å². The van der Waals surface area contributed by atoms with Crippen LogP contribution in [0.4, 0.5) is 0 Å². The molecule has 0 bridgehead atoms. The number of benzene rings is 1. The highest BCUT2D eigenvalue weighted by Gasteiger charge is 2.30. The van der Waals surface area contributed by atoms with Crippen LogP contribution in [0, 0.1) is 5.92 Å². The van der Waals surface area contributed by atoms with Gasteiger partial charge in [0.15, 0.2) is 0 Å². The fraction of sp³-hybridized carbons (Fsp3) is 0.462. The number of methoxy groups -OCH3 is 1. The SMILES string of the molecule is COc1cccc(CNC(=O)C2COCC2N)c1. The van der Waals surface area contributed by atoms with E-state index in [2.05, 4.69) is 5.32 Å². The molecule has 1 aliphatic rings. The molecule has 5 nitrogen and oxygen atoms in total. The lowest BCUT2D eigenvalue weighted by Crippen LogP contribution is -2.40. The zero-order valence-corrected chi connectivity index (χ0v) is 10.4. The highest BCUT2D eigenvalue weighted by molar-refractivity contribution is 5.79. The van der Waals surface area contributed by atoms with Gasteiger partial charge in [0.1, 0.15) is 5.75 Å². The number of amides is 1. The van der Waals surface area contributed by atoms with Gasteiger partial charge in [-0.15, -0.1) is 0 Å². The summed E-state index contributed by atoms with van der Waals surface area (Å²) in [5, 5.41) is 2.87. The minimum atomic E-state index is -0.240. The van der Waals surface area contributed by atoms with Crippen LogP contribution in [0.25, 0.3) is 0 Å². The van der Waals surface area contributed by atoms with Crippen LogP contribution in [0.3, 0.4) is 0 Å². The van der Waals surface area contributed by atoms with E-state index in [4.69, 9.17) is 15.2 Å². The Morgan fingerprint density at radius 1 is 1.56 bits per heavy atom. The number of carbonyl (C=O) groups excluding carboxylic acids is 1. The lowest BCUT2D eigenvalue weighted by molar-refractivity contribution is -0.125. The molecule has 1 aromatic rings. The third-order valence-corrected chi connectivity index (χ3v) is 3.06. The van der Waals surface area contributed by atoms with Crippen molar-refractivity contribution >= 4 is 5.91 Å². The molecular weight excluding hydrogens is 232 g/mol. The summed E-state index contributed by atoms with van der Waals surface area (Å²) in [4.78, 5) is 11.9. The molecule has 1 amide bonds. The highest BCUT2D eigenvalue weighted by atomic mass is 16.5. The van der Waals surface area contributed by atoms with Gasteiger partial charge in [0.25, 0.3) is 0 Å². The average Bonchev–Trinajstić information content (AvgIpc) is 2.82. The lowest BCUT2D eigenvalue weighted by Gasteiger charge is -2.13. The average molecular weight is 250 g/mol. The standard InChI is InChI=1S/C13H18N2O3/c1-17-10-4-2-3-9(5-10)6-15-13(16)11-7-18-8-12(11)14/h2-5,11-12H,6-8,14H2,1H3,(H,15,16). The first kappa shape index (κ1) is 12.9. The van der Waals surface area contributed by atoms with Crippen molar-refractivity contribution in [3.05, 3.63) is 29.8 Å². The van der Waals surface area contributed by atoms with Crippen LogP contribution in [-0.4, -0.2) is 32.3 Å². The second-order valence-corrected chi connectivity index (χ2v) is 4.38. The van der Waals surface area contributed by atoms with Crippen molar-refractivity contribution < 1.29 is 14.3 Å². The Morgan fingerprint density at radius 3 is 3.06 bits per heavy atom. The molecule has 1 heterocycles. The van der Waals surface area contributed by atoms with Gasteiger partial charge in [0.05, 0.1) is 26.2 Å². The Bertz CT molecular complexity index is 422. The summed E-state index contributed by atoms with van der Waals surface area (Å²) in [6.45, 7) is 1.33. The van der Waals surface area contributed by atoms with E-state index in [-0.39, 0.29) is 17.9 Å². The Balaban J connectivity index is 1.88. The fourth-order valence-electron chi connectivity index (χ4n) is 1.94. The Hall–Kier alpha value is -1.59. The third-order valence-electron chi connectivity index (χ3n) is 3.06. The van der Waals surface area contributed by atoms with E-state index in [1.165, 1.54) is 0 Å². The van der Waals surface area contributed by atoms with Gasteiger partial charge in [-0.05, 0) is 17.7 Å². The summed E-state index contributed by atoms with van der Waals surface area (Å²) < 4.78 is 10.3. The van der Waals surface area contributed by atoms with Gasteiger partial charge in [-0.25, -0.2) is 0 Å². The van der Waals surface area contributed by atoms with Gasteiger partial charge in [0.2, 0.25) is 5.91 Å². The molecule has 2 rings (SSSR count). The molecule has 2 unspecified atom stereocenters. The summed E-state index contributed by atoms with van der Waals surface area (Å²) >= 11 is 0. The molecule has 2 atom stereocenters. The van der Waals surface area contributed by atoms with E-state index in [0.29, 0.717) is 19.8 Å². The maximum atomic E-state index is 11.9. The van der Waals surface area contributed by atoms with Crippen molar-refractivity contribution in [1.29, 1.82) is 0 Å². The molecule has 18 heavy (non-hydrogen) atoms. The summed E-state index contributed by atoms with van der Waals surface area (Å²) in [5.41, 5.74) is 6.78. The molecule has 0 aliphatic carbocycles. The minimum Gasteiger partial charge on any atom is -0.497 e. The van der Waals surface area contributed by atoms with E-state index < -0.39 is 0 Å². The molecule has 0 spiro atoms. The number of carbonyl (C=O) groups is 1. The molecule has 3 N–H and O–H groups in total. The zero-order chi connectivity index (χ0) is 13.0. The van der Waals surface area contributed by atoms with Crippen LogP contribution in [0.2, 0.25) is 0 Å². The summed E-state index contributed by atoms with van der Waals surface area (Å²) in [7, 11) is 1.62. The quantitative estimate of drug-likeness (QED) is 0.805. The molecule has 1 aliphatic heterocycles. The monoisotopic (exact) mass is 250 g/mol. The largest absolute Gasteiger partial charge is 0.497 e. The van der Waals surface area contributed by atoms with Crippen molar-refractivity contribution in [2.45, 2.75) is 12.6 Å². The third kappa shape index (κ3) is 3.00. The van der Waals surface area contributed by atoms with Crippen LogP contribution in [-0.2, 0) is 16.1 Å². The van der Waals surface area contributed by atoms with E-state index in [9.17, 15) is 4.79 Å². The van der Waals surface area contributed by atoms with Crippen molar-refractivity contribution in [3.63, 3.8) is 0 Å². The van der Waals surface area contributed by atoms with E-state index in [1.807, 2.05) is 24.3 Å². The molecule has 5 heteroatoms. The second-order valence-electron chi connectivity index (χ2n) is 4.38. The van der Waals surface area contributed by atoms with Crippen molar-refractivity contribution in [3.8, 4) is 5.75 Å². The van der Waals surface area contributed by atoms with Gasteiger partial charge < -0.3 is 20.5 Å². The van der Waals surface area contributed by atoms with E-state index in [1.54, 1.807) is 7.11 Å². The van der Waals surface area contributed by atoms with Crippen LogP contribution < -0.4 is 15.8 Å². The Labute approximate surface area is 106 Å². The normalized spacial score (nSPS) is 22.8. The van der Waals surface area contributed by atoms with E-state index in [0.717, 1.165) is 11.3 Å². The maximum Gasteiger partial charge on any atom is 0.227 e. The van der Waals surface area contributed by atoms with Crippen LogP contribution in [0.1, 0.15) is 5.56 Å². The summed E-state index contributed by atoms with van der Waals surface area (Å²) in [5.74, 6) is 0.487. The molecule has 0 radical (unpaired) electrons. The molecule has 1 fully saturated rings. The van der Waals surface area contributed by atoms with Crippen LogP contribution in [0.5, 0.6) is 5.75 Å². The smallest absolute Gasteiger partial charge is 0.227 e. The molecule has 1 saturated heterocycles. The maximum absolute atomic E-state index is 11.9. The zero-order valence-electron chi connectivity index (χ0n) is 10.4. The number of rotatable bonds is 4. The highest BCUT2D eigenvalue weighted by Crippen LogP contribution is 2.14. The predicted molar refractivity (Wildman–Crippen MR) is 67.1 cm³/mol. The first-order chi connectivity index (χ1) is 8.70. The van der Waals surface area contributed by atoms with Gasteiger partial charge in [-0.2, -0.15) is 0 Å². The Morgan fingerprint density at radius 2 is 2.39 bits per heavy atom. The number of hydrogen-bond acceptors (Lipinski definition) is 4. The van der Waals surface area contributed by atoms with Gasteiger partial charge >= 0.3 is 0 Å². The fourth-order valence-corrected chi connectivity index (χ4v) is 1.94. The lowest BCUT2D eigenvalue weighted by atomic mass is 10.0. The van der Waals surface area contributed by atoms with Crippen LogP contribution in [0.15, 0.2) is 24.3 Å². The topological polar surface area (TPSA) is 73.6 Å². The molecule has 1 aromatic carbocycles. The van der Waals surface area contributed by atoms with Gasteiger partial charge in [0, 0.05) is 12.6 Å². The molecule has 98 valence electrons. The first-order valence-electron chi connectivity index (χ1n) is 5.94. The number of nitrogens with two attached hydrogens (primary N) is 1. The minimum absolute atomic E-state index is 0.0529. The van der Waals surface area contributed by atoms with Crippen molar-refractivity contribution in [2.24, 2.45) is 11.7 Å². The van der Waals surface area contributed by atoms with Crippen molar-refractivity contribution in [1.82, 2.24) is 5.32 Å². The first-order valence-corrected chi connectivity index (χ1v) is 5.94. The van der Waals surface area contributed by atoms with E-state index >= 15 is 0 Å². The predicted octanol–water partition coefficient (Wildman–Crippen LogP) is 0.285. The number of ether oxygens (including phenoxy) is 2. The molecule has 0 saturated carbocycles. The second kappa shape index (κ2) is 5.84. The van der Waals surface area contributed by atoms with Crippen LogP contribution >= 0.6 is 0 Å². The summed E-state index contributed by atoms with van der Waals surface area (Å²) in [6.07, 6.45) is 0. The number of nitrogens with one attached hydrogen (secondary N) is 1.